The van der Waals surface area contributed by atoms with Crippen molar-refractivity contribution in [3.8, 4) is 0 Å². The van der Waals surface area contributed by atoms with Crippen LogP contribution in [0.4, 0.5) is 0 Å². The van der Waals surface area contributed by atoms with Gasteiger partial charge in [-0.25, -0.2) is 4.98 Å². The Morgan fingerprint density at radius 3 is 2.42 bits per heavy atom. The molecule has 1 heterocycles. The van der Waals surface area contributed by atoms with Crippen LogP contribution in [0.3, 0.4) is 0 Å². The van der Waals surface area contributed by atoms with Crippen molar-refractivity contribution in [2.45, 2.75) is 46.0 Å². The van der Waals surface area contributed by atoms with Crippen LogP contribution in [-0.4, -0.2) is 4.98 Å². The first-order valence-electron chi connectivity index (χ1n) is 4.78. The Morgan fingerprint density at radius 2 is 2.08 bits per heavy atom. The number of aromatic nitrogens is 1. The minimum atomic E-state index is 0.633. The van der Waals surface area contributed by atoms with E-state index in [1.54, 1.807) is 6.26 Å². The Hall–Kier alpha value is -0.790. The molecule has 0 amide bonds. The molecule has 0 atom stereocenters. The normalized spacial score (nSPS) is 16.2. The molecule has 1 aliphatic carbocycles. The van der Waals surface area contributed by atoms with Gasteiger partial charge in [-0.15, -0.1) is 0 Å². The lowest BCUT2D eigenvalue weighted by Crippen LogP contribution is -2.08. The lowest BCUT2D eigenvalue weighted by atomic mass is 9.85. The third-order valence-corrected chi connectivity index (χ3v) is 2.09. The van der Waals surface area contributed by atoms with Crippen molar-refractivity contribution in [1.82, 2.24) is 4.98 Å². The zero-order valence-electron chi connectivity index (χ0n) is 8.13. The average Bonchev–Trinajstić information content (AvgIpc) is 2.37. The van der Waals surface area contributed by atoms with Crippen molar-refractivity contribution in [3.63, 3.8) is 0 Å². The molecule has 0 bridgehead atoms. The van der Waals surface area contributed by atoms with Crippen molar-refractivity contribution in [2.75, 3.05) is 0 Å². The van der Waals surface area contributed by atoms with Gasteiger partial charge in [-0.3, -0.25) is 0 Å². The number of aryl methyl sites for hydroxylation is 1. The average molecular weight is 167 g/mol. The maximum absolute atomic E-state index is 5.26. The van der Waals surface area contributed by atoms with Gasteiger partial charge >= 0.3 is 0 Å². The molecule has 0 spiro atoms. The molecule has 1 saturated carbocycles. The summed E-state index contributed by atoms with van der Waals surface area (Å²) in [6.07, 6.45) is 5.60. The summed E-state index contributed by atoms with van der Waals surface area (Å²) < 4.78 is 5.26. The summed E-state index contributed by atoms with van der Waals surface area (Å²) in [6.45, 7) is 5.96. The maximum atomic E-state index is 5.26. The standard InChI is InChI=1S/C8H11NO.C2H6/c1-6-5-10-8(9-6)7-3-2-4-7;1-2/h5,7H,2-4H2,1H3;1-2H3. The molecule has 0 aromatic carbocycles. The topological polar surface area (TPSA) is 26.0 Å². The second-order valence-electron chi connectivity index (χ2n) is 2.95. The molecule has 0 saturated heterocycles. The zero-order chi connectivity index (χ0) is 8.97. The van der Waals surface area contributed by atoms with E-state index in [-0.39, 0.29) is 0 Å². The second kappa shape index (κ2) is 4.29. The Kier molecular flexibility index (Phi) is 3.32. The first kappa shape index (κ1) is 9.30. The van der Waals surface area contributed by atoms with E-state index in [1.165, 1.54) is 19.3 Å². The van der Waals surface area contributed by atoms with Gasteiger partial charge in [0.05, 0.1) is 5.69 Å². The van der Waals surface area contributed by atoms with Crippen molar-refractivity contribution >= 4 is 0 Å². The maximum Gasteiger partial charge on any atom is 0.197 e. The van der Waals surface area contributed by atoms with Gasteiger partial charge in [-0.1, -0.05) is 20.3 Å². The van der Waals surface area contributed by atoms with Crippen LogP contribution < -0.4 is 0 Å². The summed E-state index contributed by atoms with van der Waals surface area (Å²) in [6, 6.07) is 0. The number of nitrogens with zero attached hydrogens (tertiary/aromatic N) is 1. The minimum absolute atomic E-state index is 0.633. The lowest BCUT2D eigenvalue weighted by molar-refractivity contribution is 0.335. The Balaban J connectivity index is 0.000000336. The van der Waals surface area contributed by atoms with Gasteiger partial charge in [0.15, 0.2) is 5.89 Å². The van der Waals surface area contributed by atoms with Crippen LogP contribution >= 0.6 is 0 Å². The summed E-state index contributed by atoms with van der Waals surface area (Å²) in [4.78, 5) is 4.27. The van der Waals surface area contributed by atoms with Gasteiger partial charge in [-0.2, -0.15) is 0 Å². The fourth-order valence-electron chi connectivity index (χ4n) is 1.21. The smallest absolute Gasteiger partial charge is 0.197 e. The van der Waals surface area contributed by atoms with E-state index in [4.69, 9.17) is 4.42 Å². The fraction of sp³-hybridized carbons (Fsp3) is 0.700. The molecule has 0 aliphatic heterocycles. The first-order chi connectivity index (χ1) is 5.86. The molecule has 2 heteroatoms. The molecule has 0 N–H and O–H groups in total. The van der Waals surface area contributed by atoms with Gasteiger partial charge in [0, 0.05) is 5.92 Å². The molecule has 0 radical (unpaired) electrons. The predicted molar refractivity (Wildman–Crippen MR) is 49.2 cm³/mol. The first-order valence-corrected chi connectivity index (χ1v) is 4.78. The van der Waals surface area contributed by atoms with Gasteiger partial charge in [-0.05, 0) is 19.8 Å². The van der Waals surface area contributed by atoms with Crippen molar-refractivity contribution < 1.29 is 4.42 Å². The van der Waals surface area contributed by atoms with E-state index >= 15 is 0 Å². The van der Waals surface area contributed by atoms with Gasteiger partial charge < -0.3 is 4.42 Å². The third-order valence-electron chi connectivity index (χ3n) is 2.09. The molecule has 1 fully saturated rings. The summed E-state index contributed by atoms with van der Waals surface area (Å²) in [5.41, 5.74) is 1.00. The van der Waals surface area contributed by atoms with E-state index in [2.05, 4.69) is 4.98 Å². The van der Waals surface area contributed by atoms with Crippen LogP contribution in [0, 0.1) is 6.92 Å². The molecule has 1 aromatic heterocycles. The molecule has 1 aromatic rings. The molecule has 68 valence electrons. The Bertz CT molecular complexity index is 225. The lowest BCUT2D eigenvalue weighted by Gasteiger charge is -2.21. The predicted octanol–water partition coefficient (Wildman–Crippen LogP) is 3.28. The fourth-order valence-corrected chi connectivity index (χ4v) is 1.21. The minimum Gasteiger partial charge on any atom is -0.448 e. The Labute approximate surface area is 74.0 Å². The van der Waals surface area contributed by atoms with Gasteiger partial charge in [0.1, 0.15) is 6.26 Å². The third kappa shape index (κ3) is 1.87. The molecular formula is C10H17NO. The summed E-state index contributed by atoms with van der Waals surface area (Å²) in [5, 5.41) is 0. The molecule has 2 rings (SSSR count). The highest BCUT2D eigenvalue weighted by Crippen LogP contribution is 2.35. The SMILES string of the molecule is CC.Cc1coc(C2CCC2)n1. The molecule has 12 heavy (non-hydrogen) atoms. The van der Waals surface area contributed by atoms with E-state index in [1.807, 2.05) is 20.8 Å². The van der Waals surface area contributed by atoms with Gasteiger partial charge in [0.2, 0.25) is 0 Å². The van der Waals surface area contributed by atoms with E-state index < -0.39 is 0 Å². The van der Waals surface area contributed by atoms with Crippen LogP contribution in [-0.2, 0) is 0 Å². The number of oxazole rings is 1. The molecular weight excluding hydrogens is 150 g/mol. The highest BCUT2D eigenvalue weighted by molar-refractivity contribution is 5.01. The molecule has 2 nitrogen and oxygen atoms in total. The van der Waals surface area contributed by atoms with Crippen LogP contribution in [0.25, 0.3) is 0 Å². The Morgan fingerprint density at radius 1 is 1.42 bits per heavy atom. The largest absolute Gasteiger partial charge is 0.448 e. The quantitative estimate of drug-likeness (QED) is 0.641. The van der Waals surface area contributed by atoms with Crippen molar-refractivity contribution in [1.29, 1.82) is 0 Å². The summed E-state index contributed by atoms with van der Waals surface area (Å²) >= 11 is 0. The van der Waals surface area contributed by atoms with Crippen LogP contribution in [0.15, 0.2) is 10.7 Å². The van der Waals surface area contributed by atoms with Crippen molar-refractivity contribution in [2.24, 2.45) is 0 Å². The van der Waals surface area contributed by atoms with E-state index in [9.17, 15) is 0 Å². The van der Waals surface area contributed by atoms with Crippen LogP contribution in [0.1, 0.15) is 50.6 Å². The zero-order valence-corrected chi connectivity index (χ0v) is 8.13. The monoisotopic (exact) mass is 167 g/mol. The second-order valence-corrected chi connectivity index (χ2v) is 2.95. The highest BCUT2D eigenvalue weighted by Gasteiger charge is 2.23. The molecule has 1 aliphatic rings. The van der Waals surface area contributed by atoms with Crippen LogP contribution in [0.5, 0.6) is 0 Å². The summed E-state index contributed by atoms with van der Waals surface area (Å²) in [5.74, 6) is 1.58. The van der Waals surface area contributed by atoms with E-state index in [0.717, 1.165) is 11.6 Å². The number of rotatable bonds is 1. The number of hydrogen-bond acceptors (Lipinski definition) is 2. The summed E-state index contributed by atoms with van der Waals surface area (Å²) in [7, 11) is 0. The van der Waals surface area contributed by atoms with E-state index in [0.29, 0.717) is 5.92 Å². The van der Waals surface area contributed by atoms with Crippen molar-refractivity contribution in [3.05, 3.63) is 17.8 Å². The van der Waals surface area contributed by atoms with Crippen LogP contribution in [0.2, 0.25) is 0 Å². The molecule has 0 unspecified atom stereocenters. The highest BCUT2D eigenvalue weighted by atomic mass is 16.3. The number of hydrogen-bond donors (Lipinski definition) is 0. The van der Waals surface area contributed by atoms with Gasteiger partial charge in [0.25, 0.3) is 0 Å².